The Bertz CT molecular complexity index is 1540. The third kappa shape index (κ3) is 6.94. The SMILES string of the molecule is C[C@@H]1CN([C@@H](C)CO)C(=O)c2cc(NC(=O)Nc3ccc(F)cc3)ccc2O[C@@H]1CN(C)C(=O)Nc1ccc2c(c1)OCO2. The number of benzene rings is 3. The summed E-state index contributed by atoms with van der Waals surface area (Å²) in [5.41, 5.74) is 1.44. The number of hydrogen-bond acceptors (Lipinski definition) is 7. The van der Waals surface area contributed by atoms with Crippen molar-refractivity contribution in [2.45, 2.75) is 26.0 Å². The summed E-state index contributed by atoms with van der Waals surface area (Å²) in [6, 6.07) is 13.7. The first-order valence-electron chi connectivity index (χ1n) is 14.1. The van der Waals surface area contributed by atoms with Gasteiger partial charge in [-0.1, -0.05) is 6.92 Å². The summed E-state index contributed by atoms with van der Waals surface area (Å²) in [6.45, 7) is 3.97. The summed E-state index contributed by atoms with van der Waals surface area (Å²) < 4.78 is 30.3. The lowest BCUT2D eigenvalue weighted by Crippen LogP contribution is -2.50. The summed E-state index contributed by atoms with van der Waals surface area (Å²) in [5.74, 6) is 0.403. The third-order valence-electron chi connectivity index (χ3n) is 7.45. The van der Waals surface area contributed by atoms with Crippen molar-refractivity contribution in [1.82, 2.24) is 9.80 Å². The number of halogens is 1. The van der Waals surface area contributed by atoms with E-state index in [9.17, 15) is 23.9 Å². The van der Waals surface area contributed by atoms with Crippen LogP contribution in [0.3, 0.4) is 0 Å². The summed E-state index contributed by atoms with van der Waals surface area (Å²) in [6.07, 6.45) is -0.525. The smallest absolute Gasteiger partial charge is 0.323 e. The molecule has 0 aliphatic carbocycles. The van der Waals surface area contributed by atoms with Crippen LogP contribution in [0.5, 0.6) is 17.2 Å². The van der Waals surface area contributed by atoms with Gasteiger partial charge in [0.1, 0.15) is 17.7 Å². The van der Waals surface area contributed by atoms with Gasteiger partial charge < -0.3 is 45.1 Å². The van der Waals surface area contributed by atoms with E-state index in [1.807, 2.05) is 6.92 Å². The van der Waals surface area contributed by atoms with Crippen molar-refractivity contribution in [3.63, 3.8) is 0 Å². The summed E-state index contributed by atoms with van der Waals surface area (Å²) in [5, 5.41) is 18.1. The number of hydrogen-bond donors (Lipinski definition) is 4. The van der Waals surface area contributed by atoms with Gasteiger partial charge in [0.2, 0.25) is 6.79 Å². The largest absolute Gasteiger partial charge is 0.487 e. The van der Waals surface area contributed by atoms with Crippen LogP contribution in [0.15, 0.2) is 60.7 Å². The van der Waals surface area contributed by atoms with E-state index in [0.29, 0.717) is 28.6 Å². The summed E-state index contributed by atoms with van der Waals surface area (Å²) >= 11 is 0. The Morgan fingerprint density at radius 2 is 1.61 bits per heavy atom. The zero-order chi connectivity index (χ0) is 31.4. The molecule has 2 aliphatic heterocycles. The summed E-state index contributed by atoms with van der Waals surface area (Å²) in [7, 11) is 1.64. The first-order valence-corrected chi connectivity index (χ1v) is 14.1. The van der Waals surface area contributed by atoms with Gasteiger partial charge in [-0.3, -0.25) is 4.79 Å². The topological polar surface area (TPSA) is 142 Å². The first-order chi connectivity index (χ1) is 21.1. The van der Waals surface area contributed by atoms with Crippen molar-refractivity contribution in [2.75, 3.05) is 49.5 Å². The number of nitrogens with one attached hydrogen (secondary N) is 3. The molecule has 2 heterocycles. The van der Waals surface area contributed by atoms with Crippen molar-refractivity contribution < 1.29 is 38.1 Å². The van der Waals surface area contributed by atoms with Crippen LogP contribution in [0, 0.1) is 11.7 Å². The Morgan fingerprint density at radius 3 is 2.34 bits per heavy atom. The number of carbonyl (C=O) groups is 3. The third-order valence-corrected chi connectivity index (χ3v) is 7.45. The molecule has 0 aromatic heterocycles. The highest BCUT2D eigenvalue weighted by Gasteiger charge is 2.34. The molecular formula is C31H34FN5O7. The van der Waals surface area contributed by atoms with Crippen LogP contribution in [0.25, 0.3) is 0 Å². The van der Waals surface area contributed by atoms with Gasteiger partial charge in [-0.2, -0.15) is 0 Å². The number of likely N-dealkylation sites (N-methyl/N-ethyl adjacent to an activating group) is 1. The molecule has 232 valence electrons. The maximum atomic E-state index is 13.7. The number of urea groups is 2. The Hall–Kier alpha value is -5.04. The van der Waals surface area contributed by atoms with Gasteiger partial charge in [0, 0.05) is 42.6 Å². The minimum atomic E-state index is -0.585. The van der Waals surface area contributed by atoms with Gasteiger partial charge in [0.15, 0.2) is 11.5 Å². The molecule has 0 unspecified atom stereocenters. The minimum absolute atomic E-state index is 0.125. The van der Waals surface area contributed by atoms with Crippen molar-refractivity contribution in [2.24, 2.45) is 5.92 Å². The van der Waals surface area contributed by atoms with Crippen LogP contribution in [-0.4, -0.2) is 78.6 Å². The van der Waals surface area contributed by atoms with E-state index in [1.165, 1.54) is 35.2 Å². The molecule has 0 radical (unpaired) electrons. The highest BCUT2D eigenvalue weighted by molar-refractivity contribution is 6.02. The fourth-order valence-electron chi connectivity index (χ4n) is 4.89. The molecule has 12 nitrogen and oxygen atoms in total. The number of ether oxygens (including phenoxy) is 3. The fraction of sp³-hybridized carbons (Fsp3) is 0.323. The van der Waals surface area contributed by atoms with Gasteiger partial charge >= 0.3 is 12.1 Å². The average Bonchev–Trinajstić information content (AvgIpc) is 3.48. The molecule has 4 N–H and O–H groups in total. The lowest BCUT2D eigenvalue weighted by molar-refractivity contribution is 0.0371. The molecule has 2 aliphatic rings. The zero-order valence-corrected chi connectivity index (χ0v) is 24.5. The van der Waals surface area contributed by atoms with Crippen molar-refractivity contribution in [1.29, 1.82) is 0 Å². The van der Waals surface area contributed by atoms with E-state index < -0.39 is 24.0 Å². The molecular weight excluding hydrogens is 573 g/mol. The quantitative estimate of drug-likeness (QED) is 0.308. The van der Waals surface area contributed by atoms with Gasteiger partial charge in [-0.15, -0.1) is 0 Å². The molecule has 0 spiro atoms. The molecule has 0 saturated carbocycles. The van der Waals surface area contributed by atoms with Crippen LogP contribution in [0.1, 0.15) is 24.2 Å². The van der Waals surface area contributed by atoms with E-state index >= 15 is 0 Å². The van der Waals surface area contributed by atoms with E-state index in [2.05, 4.69) is 16.0 Å². The Morgan fingerprint density at radius 1 is 0.977 bits per heavy atom. The second-order valence-corrected chi connectivity index (χ2v) is 10.8. The molecule has 5 rings (SSSR count). The van der Waals surface area contributed by atoms with Gasteiger partial charge in [0.05, 0.1) is 24.8 Å². The van der Waals surface area contributed by atoms with Crippen molar-refractivity contribution >= 4 is 35.0 Å². The van der Waals surface area contributed by atoms with Gasteiger partial charge in [0.25, 0.3) is 5.91 Å². The maximum absolute atomic E-state index is 13.7. The average molecular weight is 608 g/mol. The highest BCUT2D eigenvalue weighted by atomic mass is 19.1. The molecule has 5 amide bonds. The first kappa shape index (κ1) is 30.4. The van der Waals surface area contributed by atoms with E-state index in [4.69, 9.17) is 14.2 Å². The molecule has 44 heavy (non-hydrogen) atoms. The Labute approximate surface area is 253 Å². The number of nitrogens with zero attached hydrogens (tertiary/aromatic N) is 2. The number of aliphatic hydroxyl groups is 1. The molecule has 13 heteroatoms. The molecule has 0 saturated heterocycles. The number of carbonyl (C=O) groups excluding carboxylic acids is 3. The molecule has 3 aromatic carbocycles. The second kappa shape index (κ2) is 13.1. The lowest BCUT2D eigenvalue weighted by Gasteiger charge is -2.38. The van der Waals surface area contributed by atoms with Crippen LogP contribution in [0.4, 0.5) is 31.0 Å². The number of aliphatic hydroxyl groups excluding tert-OH is 1. The predicted molar refractivity (Wildman–Crippen MR) is 161 cm³/mol. The van der Waals surface area contributed by atoms with Gasteiger partial charge in [-0.25, -0.2) is 14.0 Å². The van der Waals surface area contributed by atoms with E-state index in [0.717, 1.165) is 0 Å². The predicted octanol–water partition coefficient (Wildman–Crippen LogP) is 4.58. The standard InChI is InChI=1S/C31H34FN5O7/c1-18-14-37(19(2)16-38)29(39)24-12-22(34-30(40)33-21-6-4-20(32)5-7-21)8-10-25(24)44-28(18)15-36(3)31(41)35-23-9-11-26-27(13-23)43-17-42-26/h4-13,18-19,28,38H,14-17H2,1-3H3,(H,35,41)(H2,33,34,40)/t18-,19+,28-/m1/s1. The molecule has 0 bridgehead atoms. The van der Waals surface area contributed by atoms with Crippen LogP contribution in [-0.2, 0) is 0 Å². The van der Waals surface area contributed by atoms with Crippen LogP contribution in [0.2, 0.25) is 0 Å². The normalized spacial score (nSPS) is 17.8. The number of fused-ring (bicyclic) bond motifs is 2. The Balaban J connectivity index is 1.33. The van der Waals surface area contributed by atoms with Crippen LogP contribution >= 0.6 is 0 Å². The van der Waals surface area contributed by atoms with E-state index in [-0.39, 0.29) is 55.7 Å². The highest BCUT2D eigenvalue weighted by Crippen LogP contribution is 2.34. The Kier molecular flexibility index (Phi) is 9.04. The second-order valence-electron chi connectivity index (χ2n) is 10.8. The monoisotopic (exact) mass is 607 g/mol. The molecule has 0 fully saturated rings. The van der Waals surface area contributed by atoms with Gasteiger partial charge in [-0.05, 0) is 61.5 Å². The van der Waals surface area contributed by atoms with E-state index in [1.54, 1.807) is 49.2 Å². The van der Waals surface area contributed by atoms with Crippen molar-refractivity contribution in [3.05, 3.63) is 72.0 Å². The number of rotatable bonds is 7. The number of anilines is 3. The zero-order valence-electron chi connectivity index (χ0n) is 24.5. The molecule has 3 atom stereocenters. The minimum Gasteiger partial charge on any atom is -0.487 e. The number of amides is 5. The fourth-order valence-corrected chi connectivity index (χ4v) is 4.89. The maximum Gasteiger partial charge on any atom is 0.323 e. The van der Waals surface area contributed by atoms with Crippen molar-refractivity contribution in [3.8, 4) is 17.2 Å². The molecule has 3 aromatic rings. The van der Waals surface area contributed by atoms with Crippen LogP contribution < -0.4 is 30.2 Å². The lowest BCUT2D eigenvalue weighted by atomic mass is 9.99. The summed E-state index contributed by atoms with van der Waals surface area (Å²) in [4.78, 5) is 42.4.